The molecule has 2 aromatic carbocycles. The highest BCUT2D eigenvalue weighted by Crippen LogP contribution is 2.31. The van der Waals surface area contributed by atoms with Gasteiger partial charge in [0.2, 0.25) is 0 Å². The lowest BCUT2D eigenvalue weighted by atomic mass is 10.0. The monoisotopic (exact) mass is 343 g/mol. The number of rotatable bonds is 7. The van der Waals surface area contributed by atoms with Crippen LogP contribution in [-0.4, -0.2) is 33.2 Å². The van der Waals surface area contributed by atoms with Crippen LogP contribution in [0.2, 0.25) is 0 Å². The van der Waals surface area contributed by atoms with Crippen LogP contribution in [0.5, 0.6) is 11.5 Å². The van der Waals surface area contributed by atoms with Crippen LogP contribution in [0.15, 0.2) is 48.5 Å². The molecule has 2 rings (SSSR count). The van der Waals surface area contributed by atoms with Crippen molar-refractivity contribution in [3.63, 3.8) is 0 Å². The largest absolute Gasteiger partial charge is 0.493 e. The zero-order chi connectivity index (χ0) is 18.2. The van der Waals surface area contributed by atoms with E-state index in [9.17, 15) is 9.59 Å². The van der Waals surface area contributed by atoms with Gasteiger partial charge in [-0.05, 0) is 29.8 Å². The minimum absolute atomic E-state index is 0.00452. The number of benzene rings is 2. The Balaban J connectivity index is 2.29. The summed E-state index contributed by atoms with van der Waals surface area (Å²) >= 11 is 0. The van der Waals surface area contributed by atoms with Crippen molar-refractivity contribution in [2.45, 2.75) is 12.5 Å². The van der Waals surface area contributed by atoms with Gasteiger partial charge in [-0.25, -0.2) is 0 Å². The second-order valence-corrected chi connectivity index (χ2v) is 5.29. The smallest absolute Gasteiger partial charge is 0.307 e. The van der Waals surface area contributed by atoms with E-state index >= 15 is 0 Å². The average molecular weight is 343 g/mol. The molecule has 6 nitrogen and oxygen atoms in total. The Hall–Kier alpha value is -3.02. The summed E-state index contributed by atoms with van der Waals surface area (Å²) in [5, 5.41) is 2.87. The van der Waals surface area contributed by atoms with E-state index in [1.165, 1.54) is 14.2 Å². The number of carbonyl (C=O) groups is 2. The van der Waals surface area contributed by atoms with E-state index < -0.39 is 12.0 Å². The van der Waals surface area contributed by atoms with Gasteiger partial charge in [0.25, 0.3) is 5.91 Å². The summed E-state index contributed by atoms with van der Waals surface area (Å²) in [4.78, 5) is 24.2. The lowest BCUT2D eigenvalue weighted by Crippen LogP contribution is -2.30. The second-order valence-electron chi connectivity index (χ2n) is 5.29. The summed E-state index contributed by atoms with van der Waals surface area (Å²) in [7, 11) is 4.38. The van der Waals surface area contributed by atoms with E-state index in [0.717, 1.165) is 0 Å². The van der Waals surface area contributed by atoms with Crippen molar-refractivity contribution in [3.05, 3.63) is 59.7 Å². The van der Waals surface area contributed by atoms with E-state index in [4.69, 9.17) is 14.2 Å². The molecular weight excluding hydrogens is 322 g/mol. The number of esters is 1. The Labute approximate surface area is 146 Å². The van der Waals surface area contributed by atoms with Crippen LogP contribution in [0.1, 0.15) is 28.4 Å². The minimum atomic E-state index is -0.556. The number of ether oxygens (including phenoxy) is 3. The van der Waals surface area contributed by atoms with Crippen LogP contribution in [0.3, 0.4) is 0 Å². The first-order chi connectivity index (χ1) is 12.1. The van der Waals surface area contributed by atoms with Crippen LogP contribution >= 0.6 is 0 Å². The average Bonchev–Trinajstić information content (AvgIpc) is 2.67. The van der Waals surface area contributed by atoms with E-state index in [1.54, 1.807) is 49.6 Å². The molecule has 6 heteroatoms. The number of nitrogens with one attached hydrogen (secondary N) is 1. The summed E-state index contributed by atoms with van der Waals surface area (Å²) in [5.41, 5.74) is 1.23. The van der Waals surface area contributed by atoms with Gasteiger partial charge in [0.1, 0.15) is 0 Å². The molecular formula is C19H21NO5. The number of amides is 1. The Morgan fingerprint density at radius 1 is 0.960 bits per heavy atom. The van der Waals surface area contributed by atoms with Crippen molar-refractivity contribution < 1.29 is 23.8 Å². The third kappa shape index (κ3) is 4.73. The molecule has 1 atom stereocenters. The van der Waals surface area contributed by atoms with E-state index in [1.807, 2.05) is 6.07 Å². The molecule has 132 valence electrons. The van der Waals surface area contributed by atoms with Crippen molar-refractivity contribution in [3.8, 4) is 11.5 Å². The second kappa shape index (κ2) is 8.73. The molecule has 0 aliphatic rings. The molecule has 0 spiro atoms. The lowest BCUT2D eigenvalue weighted by Gasteiger charge is -2.20. The molecule has 0 fully saturated rings. The lowest BCUT2D eigenvalue weighted by molar-refractivity contribution is -0.141. The molecule has 0 aliphatic heterocycles. The molecule has 2 aromatic rings. The molecule has 0 bridgehead atoms. The summed E-state index contributed by atoms with van der Waals surface area (Å²) in [5.74, 6) is 0.388. The maximum atomic E-state index is 12.5. The minimum Gasteiger partial charge on any atom is -0.493 e. The first-order valence-electron chi connectivity index (χ1n) is 7.73. The quantitative estimate of drug-likeness (QED) is 0.783. The zero-order valence-corrected chi connectivity index (χ0v) is 14.4. The van der Waals surface area contributed by atoms with Crippen LogP contribution in [0.25, 0.3) is 0 Å². The highest BCUT2D eigenvalue weighted by Gasteiger charge is 2.21. The van der Waals surface area contributed by atoms with E-state index in [-0.39, 0.29) is 12.3 Å². The maximum Gasteiger partial charge on any atom is 0.307 e. The van der Waals surface area contributed by atoms with Crippen molar-refractivity contribution in [2.75, 3.05) is 21.3 Å². The van der Waals surface area contributed by atoms with Gasteiger partial charge in [0.15, 0.2) is 11.5 Å². The van der Waals surface area contributed by atoms with Crippen molar-refractivity contribution in [1.29, 1.82) is 0 Å². The normalized spacial score (nSPS) is 11.3. The maximum absolute atomic E-state index is 12.5. The molecule has 0 saturated heterocycles. The standard InChI is InChI=1S/C19H21NO5/c1-23-16-10-9-14(11-17(16)24-2)15(12-18(21)25-3)20-19(22)13-7-5-4-6-8-13/h4-11,15H,12H2,1-3H3,(H,20,22)/t15-/m1/s1. The summed E-state index contributed by atoms with van der Waals surface area (Å²) in [6.07, 6.45) is 0.00452. The molecule has 0 radical (unpaired) electrons. The van der Waals surface area contributed by atoms with Gasteiger partial charge in [-0.15, -0.1) is 0 Å². The first kappa shape index (κ1) is 18.3. The highest BCUT2D eigenvalue weighted by molar-refractivity contribution is 5.94. The molecule has 25 heavy (non-hydrogen) atoms. The van der Waals surface area contributed by atoms with Gasteiger partial charge in [-0.1, -0.05) is 24.3 Å². The SMILES string of the molecule is COC(=O)C[C@@H](NC(=O)c1ccccc1)c1ccc(OC)c(OC)c1. The third-order valence-electron chi connectivity index (χ3n) is 3.75. The van der Waals surface area contributed by atoms with E-state index in [0.29, 0.717) is 22.6 Å². The third-order valence-corrected chi connectivity index (χ3v) is 3.75. The van der Waals surface area contributed by atoms with Gasteiger partial charge >= 0.3 is 5.97 Å². The Bertz CT molecular complexity index is 730. The number of carbonyl (C=O) groups excluding carboxylic acids is 2. The van der Waals surface area contributed by atoms with Gasteiger partial charge in [0.05, 0.1) is 33.8 Å². The Morgan fingerprint density at radius 2 is 1.64 bits per heavy atom. The molecule has 1 amide bonds. The summed E-state index contributed by atoms with van der Waals surface area (Å²) in [6.45, 7) is 0. The molecule has 0 heterocycles. The van der Waals surface area contributed by atoms with Gasteiger partial charge in [-0.3, -0.25) is 9.59 Å². The van der Waals surface area contributed by atoms with Crippen LogP contribution in [0.4, 0.5) is 0 Å². The zero-order valence-electron chi connectivity index (χ0n) is 14.4. The molecule has 0 aliphatic carbocycles. The van der Waals surface area contributed by atoms with Gasteiger partial charge in [-0.2, -0.15) is 0 Å². The topological polar surface area (TPSA) is 73.9 Å². The predicted octanol–water partition coefficient (Wildman–Crippen LogP) is 2.74. The highest BCUT2D eigenvalue weighted by atomic mass is 16.5. The molecule has 0 unspecified atom stereocenters. The Kier molecular flexibility index (Phi) is 6.39. The number of methoxy groups -OCH3 is 3. The summed E-state index contributed by atoms with van der Waals surface area (Å²) < 4.78 is 15.3. The molecule has 1 N–H and O–H groups in total. The fourth-order valence-electron chi connectivity index (χ4n) is 2.40. The molecule has 0 saturated carbocycles. The summed E-state index contributed by atoms with van der Waals surface area (Å²) in [6, 6.07) is 13.5. The van der Waals surface area contributed by atoms with Gasteiger partial charge in [0, 0.05) is 5.56 Å². The van der Waals surface area contributed by atoms with Crippen LogP contribution in [-0.2, 0) is 9.53 Å². The van der Waals surface area contributed by atoms with Crippen LogP contribution in [0, 0.1) is 0 Å². The molecule has 0 aromatic heterocycles. The van der Waals surface area contributed by atoms with Crippen molar-refractivity contribution in [2.24, 2.45) is 0 Å². The van der Waals surface area contributed by atoms with Crippen molar-refractivity contribution in [1.82, 2.24) is 5.32 Å². The first-order valence-corrected chi connectivity index (χ1v) is 7.73. The Morgan fingerprint density at radius 3 is 2.24 bits per heavy atom. The van der Waals surface area contributed by atoms with Crippen LogP contribution < -0.4 is 14.8 Å². The van der Waals surface area contributed by atoms with Gasteiger partial charge < -0.3 is 19.5 Å². The van der Waals surface area contributed by atoms with Crippen molar-refractivity contribution >= 4 is 11.9 Å². The predicted molar refractivity (Wildman–Crippen MR) is 92.8 cm³/mol. The fourth-order valence-corrected chi connectivity index (χ4v) is 2.40. The van der Waals surface area contributed by atoms with E-state index in [2.05, 4.69) is 5.32 Å². The fraction of sp³-hybridized carbons (Fsp3) is 0.263. The number of hydrogen-bond donors (Lipinski definition) is 1. The number of hydrogen-bond acceptors (Lipinski definition) is 5.